The second-order valence-corrected chi connectivity index (χ2v) is 4.59. The van der Waals surface area contributed by atoms with Gasteiger partial charge >= 0.3 is 0 Å². The van der Waals surface area contributed by atoms with Crippen molar-refractivity contribution >= 4 is 0 Å². The summed E-state index contributed by atoms with van der Waals surface area (Å²) in [6, 6.07) is 8.63. The minimum Gasteiger partial charge on any atom is -0.492 e. The van der Waals surface area contributed by atoms with E-state index in [4.69, 9.17) is 10.5 Å². The fourth-order valence-corrected chi connectivity index (χ4v) is 1.82. The maximum absolute atomic E-state index is 5.73. The van der Waals surface area contributed by atoms with Crippen LogP contribution in [0.1, 0.15) is 18.4 Å². The van der Waals surface area contributed by atoms with E-state index < -0.39 is 0 Å². The molecular formula is C15H20N2O. The van der Waals surface area contributed by atoms with Gasteiger partial charge in [0.25, 0.3) is 0 Å². The van der Waals surface area contributed by atoms with Gasteiger partial charge in [0.05, 0.1) is 6.54 Å². The van der Waals surface area contributed by atoms with E-state index in [1.165, 1.54) is 12.8 Å². The second kappa shape index (κ2) is 6.44. The Labute approximate surface area is 109 Å². The van der Waals surface area contributed by atoms with E-state index in [9.17, 15) is 0 Å². The Morgan fingerprint density at radius 3 is 3.00 bits per heavy atom. The molecule has 1 fully saturated rings. The molecule has 0 amide bonds. The van der Waals surface area contributed by atoms with E-state index >= 15 is 0 Å². The minimum atomic E-state index is 0.386. The van der Waals surface area contributed by atoms with Crippen molar-refractivity contribution in [1.82, 2.24) is 4.90 Å². The van der Waals surface area contributed by atoms with Crippen LogP contribution in [0.2, 0.25) is 0 Å². The van der Waals surface area contributed by atoms with Gasteiger partial charge in [-0.1, -0.05) is 17.9 Å². The molecular weight excluding hydrogens is 224 g/mol. The maximum Gasteiger partial charge on any atom is 0.120 e. The van der Waals surface area contributed by atoms with Gasteiger partial charge in [-0.2, -0.15) is 0 Å². The fourth-order valence-electron chi connectivity index (χ4n) is 1.82. The number of nitrogens with zero attached hydrogens (tertiary/aromatic N) is 1. The summed E-state index contributed by atoms with van der Waals surface area (Å²) in [5.74, 6) is 6.73. The van der Waals surface area contributed by atoms with Crippen molar-refractivity contribution < 1.29 is 4.74 Å². The van der Waals surface area contributed by atoms with Crippen LogP contribution >= 0.6 is 0 Å². The Bertz CT molecular complexity index is 443. The van der Waals surface area contributed by atoms with E-state index in [0.29, 0.717) is 6.54 Å². The van der Waals surface area contributed by atoms with E-state index in [0.717, 1.165) is 30.5 Å². The third-order valence-electron chi connectivity index (χ3n) is 3.05. The highest BCUT2D eigenvalue weighted by Crippen LogP contribution is 2.24. The van der Waals surface area contributed by atoms with Gasteiger partial charge in [0.15, 0.2) is 0 Å². The third kappa shape index (κ3) is 4.06. The Hall–Kier alpha value is -1.50. The summed E-state index contributed by atoms with van der Waals surface area (Å²) in [5, 5.41) is 0. The molecule has 0 atom stereocenters. The molecule has 2 rings (SSSR count). The number of ether oxygens (including phenoxy) is 1. The van der Waals surface area contributed by atoms with Gasteiger partial charge in [0.2, 0.25) is 0 Å². The van der Waals surface area contributed by atoms with Gasteiger partial charge in [-0.25, -0.2) is 0 Å². The lowest BCUT2D eigenvalue weighted by atomic mass is 10.2. The molecule has 18 heavy (non-hydrogen) atoms. The number of likely N-dealkylation sites (N-methyl/N-ethyl adjacent to an activating group) is 1. The quantitative estimate of drug-likeness (QED) is 0.797. The molecule has 0 bridgehead atoms. The number of hydrogen-bond acceptors (Lipinski definition) is 3. The molecule has 1 aromatic carbocycles. The molecule has 3 nitrogen and oxygen atoms in total. The summed E-state index contributed by atoms with van der Waals surface area (Å²) in [4.78, 5) is 2.36. The maximum atomic E-state index is 5.73. The lowest BCUT2D eigenvalue weighted by Crippen LogP contribution is -2.26. The number of nitrogens with two attached hydrogens (primary N) is 1. The molecule has 3 heteroatoms. The Kier molecular flexibility index (Phi) is 4.63. The summed E-state index contributed by atoms with van der Waals surface area (Å²) in [6.07, 6.45) is 2.67. The Morgan fingerprint density at radius 2 is 2.28 bits per heavy atom. The molecule has 1 aliphatic carbocycles. The van der Waals surface area contributed by atoms with Crippen LogP contribution in [0.25, 0.3) is 0 Å². The van der Waals surface area contributed by atoms with Crippen LogP contribution in [-0.2, 0) is 0 Å². The first kappa shape index (κ1) is 12.9. The van der Waals surface area contributed by atoms with Crippen LogP contribution in [0, 0.1) is 11.8 Å². The lowest BCUT2D eigenvalue weighted by Gasteiger charge is -2.15. The molecule has 2 N–H and O–H groups in total. The third-order valence-corrected chi connectivity index (χ3v) is 3.05. The van der Waals surface area contributed by atoms with Crippen molar-refractivity contribution in [2.75, 3.05) is 26.7 Å². The topological polar surface area (TPSA) is 38.5 Å². The fraction of sp³-hybridized carbons (Fsp3) is 0.467. The second-order valence-electron chi connectivity index (χ2n) is 4.59. The summed E-state index contributed by atoms with van der Waals surface area (Å²) in [5.41, 5.74) is 6.30. The molecule has 0 aliphatic heterocycles. The molecule has 0 radical (unpaired) electrons. The molecule has 1 aliphatic rings. The van der Waals surface area contributed by atoms with E-state index in [2.05, 4.69) is 23.8 Å². The van der Waals surface area contributed by atoms with Gasteiger partial charge in [-0.05, 0) is 38.1 Å². The van der Waals surface area contributed by atoms with Crippen LogP contribution in [0.4, 0.5) is 0 Å². The molecule has 96 valence electrons. The van der Waals surface area contributed by atoms with Crippen LogP contribution in [0.5, 0.6) is 5.75 Å². The van der Waals surface area contributed by atoms with Crippen LogP contribution in [-0.4, -0.2) is 37.7 Å². The average Bonchev–Trinajstić information content (AvgIpc) is 3.21. The predicted molar refractivity (Wildman–Crippen MR) is 73.5 cm³/mol. The molecule has 0 heterocycles. The smallest absolute Gasteiger partial charge is 0.120 e. The Balaban J connectivity index is 1.81. The largest absolute Gasteiger partial charge is 0.492 e. The standard InChI is InChI=1S/C15H20N2O/c1-17(14-7-8-14)10-11-18-15-6-2-4-13(12-15)5-3-9-16/h2,4,6,12,14H,7-11,16H2,1H3. The molecule has 1 aromatic rings. The zero-order chi connectivity index (χ0) is 12.8. The first-order chi connectivity index (χ1) is 8.79. The monoisotopic (exact) mass is 244 g/mol. The van der Waals surface area contributed by atoms with Crippen molar-refractivity contribution in [2.45, 2.75) is 18.9 Å². The van der Waals surface area contributed by atoms with Crippen LogP contribution < -0.4 is 10.5 Å². The van der Waals surface area contributed by atoms with Gasteiger partial charge < -0.3 is 15.4 Å². The number of rotatable bonds is 5. The predicted octanol–water partition coefficient (Wildman–Crippen LogP) is 1.47. The summed E-state index contributed by atoms with van der Waals surface area (Å²) >= 11 is 0. The zero-order valence-corrected chi connectivity index (χ0v) is 10.9. The molecule has 0 unspecified atom stereocenters. The zero-order valence-electron chi connectivity index (χ0n) is 10.9. The highest BCUT2D eigenvalue weighted by Gasteiger charge is 2.25. The van der Waals surface area contributed by atoms with Crippen molar-refractivity contribution in [3.63, 3.8) is 0 Å². The van der Waals surface area contributed by atoms with Gasteiger partial charge in [0.1, 0.15) is 12.4 Å². The minimum absolute atomic E-state index is 0.386. The summed E-state index contributed by atoms with van der Waals surface area (Å²) in [7, 11) is 2.16. The molecule has 0 aromatic heterocycles. The van der Waals surface area contributed by atoms with E-state index in [-0.39, 0.29) is 0 Å². The van der Waals surface area contributed by atoms with Gasteiger partial charge in [-0.3, -0.25) is 0 Å². The summed E-state index contributed by atoms with van der Waals surface area (Å²) in [6.45, 7) is 2.08. The van der Waals surface area contributed by atoms with Crippen LogP contribution in [0.3, 0.4) is 0 Å². The number of benzene rings is 1. The molecule has 1 saturated carbocycles. The Morgan fingerprint density at radius 1 is 1.44 bits per heavy atom. The lowest BCUT2D eigenvalue weighted by molar-refractivity contribution is 0.232. The highest BCUT2D eigenvalue weighted by atomic mass is 16.5. The van der Waals surface area contributed by atoms with Crippen molar-refractivity contribution in [1.29, 1.82) is 0 Å². The normalized spacial score (nSPS) is 14.2. The van der Waals surface area contributed by atoms with Crippen LogP contribution in [0.15, 0.2) is 24.3 Å². The first-order valence-corrected chi connectivity index (χ1v) is 6.41. The SMILES string of the molecule is CN(CCOc1cccc(C#CCN)c1)C1CC1. The van der Waals surface area contributed by atoms with Crippen molar-refractivity contribution in [2.24, 2.45) is 5.73 Å². The molecule has 0 spiro atoms. The van der Waals surface area contributed by atoms with Gasteiger partial charge in [-0.15, -0.1) is 0 Å². The number of hydrogen-bond donors (Lipinski definition) is 1. The summed E-state index contributed by atoms with van der Waals surface area (Å²) < 4.78 is 5.73. The van der Waals surface area contributed by atoms with Crippen molar-refractivity contribution in [3.8, 4) is 17.6 Å². The highest BCUT2D eigenvalue weighted by molar-refractivity contribution is 5.39. The van der Waals surface area contributed by atoms with E-state index in [1.54, 1.807) is 0 Å². The van der Waals surface area contributed by atoms with Crippen molar-refractivity contribution in [3.05, 3.63) is 29.8 Å². The van der Waals surface area contributed by atoms with E-state index in [1.807, 2.05) is 24.3 Å². The first-order valence-electron chi connectivity index (χ1n) is 6.41. The average molecular weight is 244 g/mol. The van der Waals surface area contributed by atoms with Gasteiger partial charge in [0, 0.05) is 18.2 Å². The molecule has 0 saturated heterocycles.